The molecule has 4 nitrogen and oxygen atoms in total. The van der Waals surface area contributed by atoms with E-state index in [2.05, 4.69) is 42.3 Å². The molecular formula is C20H29Cl2N3OS. The van der Waals surface area contributed by atoms with Gasteiger partial charge in [-0.25, -0.2) is 4.98 Å². The Morgan fingerprint density at radius 2 is 1.81 bits per heavy atom. The number of benzene rings is 1. The molecule has 0 aliphatic carbocycles. The number of rotatable bonds is 5. The highest BCUT2D eigenvalue weighted by Gasteiger charge is 2.45. The highest BCUT2D eigenvalue weighted by atomic mass is 35.5. The number of nitrogens with zero attached hydrogens (tertiary/aromatic N) is 2. The van der Waals surface area contributed by atoms with Crippen LogP contribution in [0.4, 0.5) is 0 Å². The van der Waals surface area contributed by atoms with Crippen molar-refractivity contribution < 1.29 is 4.79 Å². The molecule has 27 heavy (non-hydrogen) atoms. The minimum absolute atomic E-state index is 0. The Kier molecular flexibility index (Phi) is 7.54. The van der Waals surface area contributed by atoms with Crippen molar-refractivity contribution in [3.05, 3.63) is 29.3 Å². The maximum atomic E-state index is 13.5. The summed E-state index contributed by atoms with van der Waals surface area (Å²) < 4.78 is 1.22. The summed E-state index contributed by atoms with van der Waals surface area (Å²) in [5.74, 6) is 1.65. The van der Waals surface area contributed by atoms with Crippen molar-refractivity contribution >= 4 is 52.3 Å². The summed E-state index contributed by atoms with van der Waals surface area (Å²) in [7, 11) is 0. The smallest absolute Gasteiger partial charge is 0.229 e. The average Bonchev–Trinajstić information content (AvgIpc) is 3.32. The fourth-order valence-corrected chi connectivity index (χ4v) is 5.63. The number of likely N-dealkylation sites (tertiary alicyclic amines) is 1. The van der Waals surface area contributed by atoms with Crippen molar-refractivity contribution in [2.24, 2.45) is 17.3 Å². The van der Waals surface area contributed by atoms with Crippen LogP contribution in [-0.4, -0.2) is 42.0 Å². The molecule has 2 aromatic rings. The van der Waals surface area contributed by atoms with Gasteiger partial charge in [0.15, 0.2) is 0 Å². The Labute approximate surface area is 177 Å². The van der Waals surface area contributed by atoms with Crippen molar-refractivity contribution in [2.75, 3.05) is 26.2 Å². The predicted molar refractivity (Wildman–Crippen MR) is 117 cm³/mol. The van der Waals surface area contributed by atoms with Crippen LogP contribution in [0.25, 0.3) is 10.2 Å². The number of para-hydroxylation sites is 1. The number of fused-ring (bicyclic) bond motifs is 2. The number of hydrogen-bond acceptors (Lipinski definition) is 4. The third kappa shape index (κ3) is 4.12. The number of nitrogens with one attached hydrogen (secondary N) is 1. The molecule has 3 heterocycles. The zero-order valence-corrected chi connectivity index (χ0v) is 18.4. The second-order valence-corrected chi connectivity index (χ2v) is 8.74. The van der Waals surface area contributed by atoms with E-state index in [0.717, 1.165) is 56.0 Å². The lowest BCUT2D eigenvalue weighted by Gasteiger charge is -2.34. The zero-order valence-electron chi connectivity index (χ0n) is 15.9. The lowest BCUT2D eigenvalue weighted by atomic mass is 9.78. The molecule has 0 saturated carbocycles. The van der Waals surface area contributed by atoms with E-state index in [9.17, 15) is 4.79 Å². The first-order chi connectivity index (χ1) is 12.1. The Bertz CT molecular complexity index is 732. The molecule has 1 amide bonds. The molecule has 2 atom stereocenters. The van der Waals surface area contributed by atoms with Crippen LogP contribution >= 0.6 is 36.2 Å². The van der Waals surface area contributed by atoms with Gasteiger partial charge in [-0.15, -0.1) is 36.2 Å². The Morgan fingerprint density at radius 1 is 1.19 bits per heavy atom. The summed E-state index contributed by atoms with van der Waals surface area (Å²) in [6.07, 6.45) is 2.52. The van der Waals surface area contributed by atoms with Crippen molar-refractivity contribution in [2.45, 2.75) is 33.1 Å². The van der Waals surface area contributed by atoms with Crippen molar-refractivity contribution in [1.29, 1.82) is 0 Å². The second kappa shape index (κ2) is 9.08. The Balaban J connectivity index is 0.00000131. The van der Waals surface area contributed by atoms with E-state index in [-0.39, 0.29) is 30.2 Å². The highest BCUT2D eigenvalue weighted by Crippen LogP contribution is 2.38. The van der Waals surface area contributed by atoms with Crippen LogP contribution in [-0.2, 0) is 11.2 Å². The van der Waals surface area contributed by atoms with Crippen LogP contribution < -0.4 is 5.32 Å². The van der Waals surface area contributed by atoms with Gasteiger partial charge in [-0.1, -0.05) is 26.0 Å². The van der Waals surface area contributed by atoms with E-state index in [4.69, 9.17) is 4.98 Å². The van der Waals surface area contributed by atoms with Crippen molar-refractivity contribution in [3.63, 3.8) is 0 Å². The molecule has 7 heteroatoms. The minimum Gasteiger partial charge on any atom is -0.342 e. The Morgan fingerprint density at radius 3 is 2.41 bits per heavy atom. The maximum absolute atomic E-state index is 13.5. The van der Waals surface area contributed by atoms with Crippen LogP contribution in [0, 0.1) is 17.3 Å². The third-order valence-corrected chi connectivity index (χ3v) is 7.35. The van der Waals surface area contributed by atoms with E-state index < -0.39 is 0 Å². The number of carbonyl (C=O) groups excluding carboxylic acids is 1. The topological polar surface area (TPSA) is 45.2 Å². The summed E-state index contributed by atoms with van der Waals surface area (Å²) in [4.78, 5) is 20.4. The molecule has 0 spiro atoms. The van der Waals surface area contributed by atoms with Gasteiger partial charge in [0.25, 0.3) is 0 Å². The van der Waals surface area contributed by atoms with Gasteiger partial charge in [-0.05, 0) is 36.8 Å². The third-order valence-electron chi connectivity index (χ3n) is 6.31. The average molecular weight is 430 g/mol. The molecular weight excluding hydrogens is 401 g/mol. The number of carbonyl (C=O) groups is 1. The number of thiazole rings is 1. The van der Waals surface area contributed by atoms with Crippen LogP contribution in [0.15, 0.2) is 24.3 Å². The lowest BCUT2D eigenvalue weighted by molar-refractivity contribution is -0.142. The van der Waals surface area contributed by atoms with Gasteiger partial charge < -0.3 is 10.2 Å². The molecule has 0 unspecified atom stereocenters. The van der Waals surface area contributed by atoms with Crippen LogP contribution in [0.3, 0.4) is 0 Å². The van der Waals surface area contributed by atoms with Crippen molar-refractivity contribution in [3.8, 4) is 0 Å². The van der Waals surface area contributed by atoms with Gasteiger partial charge in [0.05, 0.1) is 20.6 Å². The molecule has 2 aliphatic heterocycles. The molecule has 0 radical (unpaired) electrons. The molecule has 2 saturated heterocycles. The first kappa shape index (κ1) is 22.4. The molecule has 1 aromatic heterocycles. The minimum atomic E-state index is -0.306. The number of amides is 1. The molecule has 1 aromatic carbocycles. The van der Waals surface area contributed by atoms with Gasteiger partial charge in [0.1, 0.15) is 0 Å². The van der Waals surface area contributed by atoms with Gasteiger partial charge in [0, 0.05) is 32.6 Å². The van der Waals surface area contributed by atoms with Crippen LogP contribution in [0.1, 0.15) is 31.7 Å². The van der Waals surface area contributed by atoms with Crippen molar-refractivity contribution in [1.82, 2.24) is 15.2 Å². The van der Waals surface area contributed by atoms with E-state index in [1.54, 1.807) is 11.3 Å². The molecule has 2 aliphatic rings. The van der Waals surface area contributed by atoms with E-state index in [1.165, 1.54) is 4.70 Å². The molecule has 0 bridgehead atoms. The summed E-state index contributed by atoms with van der Waals surface area (Å²) in [5.41, 5.74) is 0.748. The quantitative estimate of drug-likeness (QED) is 0.775. The SMILES string of the molecule is CCC(CC)(Cc1nc2ccccc2s1)C(=O)N1C[C@H]2CNC[C@H]2C1.Cl.Cl. The van der Waals surface area contributed by atoms with Gasteiger partial charge >= 0.3 is 0 Å². The fourth-order valence-electron chi connectivity index (χ4n) is 4.52. The monoisotopic (exact) mass is 429 g/mol. The summed E-state index contributed by atoms with van der Waals surface area (Å²) in [6.45, 7) is 8.31. The largest absolute Gasteiger partial charge is 0.342 e. The van der Waals surface area contributed by atoms with Gasteiger partial charge in [-0.2, -0.15) is 0 Å². The van der Waals surface area contributed by atoms with Crippen LogP contribution in [0.2, 0.25) is 0 Å². The summed E-state index contributed by atoms with van der Waals surface area (Å²) in [5, 5.41) is 4.56. The predicted octanol–water partition coefficient (Wildman–Crippen LogP) is 4.17. The molecule has 150 valence electrons. The normalized spacial score (nSPS) is 21.6. The number of halogens is 2. The first-order valence-electron chi connectivity index (χ1n) is 9.49. The lowest BCUT2D eigenvalue weighted by Crippen LogP contribution is -2.44. The standard InChI is InChI=1S/C20H27N3OS.2ClH/c1-3-20(4-2,9-18-22-16-7-5-6-8-17(16)25-18)19(24)23-12-14-10-21-11-15(14)13-23;;/h5-8,14-15,21H,3-4,9-13H2,1-2H3;2*1H/t14-,15+;;. The molecule has 2 fully saturated rings. The second-order valence-electron chi connectivity index (χ2n) is 7.63. The fraction of sp³-hybridized carbons (Fsp3) is 0.600. The number of hydrogen-bond donors (Lipinski definition) is 1. The highest BCUT2D eigenvalue weighted by molar-refractivity contribution is 7.18. The first-order valence-corrected chi connectivity index (χ1v) is 10.3. The van der Waals surface area contributed by atoms with Gasteiger partial charge in [-0.3, -0.25) is 4.79 Å². The van der Waals surface area contributed by atoms with Gasteiger partial charge in [0.2, 0.25) is 5.91 Å². The van der Waals surface area contributed by atoms with E-state index in [0.29, 0.717) is 17.7 Å². The maximum Gasteiger partial charge on any atom is 0.229 e. The van der Waals surface area contributed by atoms with E-state index in [1.807, 2.05) is 6.07 Å². The Hall–Kier alpha value is -0.880. The van der Waals surface area contributed by atoms with Crippen LogP contribution in [0.5, 0.6) is 0 Å². The summed E-state index contributed by atoms with van der Waals surface area (Å²) >= 11 is 1.74. The zero-order chi connectivity index (χ0) is 17.4. The molecule has 4 rings (SSSR count). The summed E-state index contributed by atoms with van der Waals surface area (Å²) in [6, 6.07) is 8.26. The van der Waals surface area contributed by atoms with E-state index >= 15 is 0 Å². The molecule has 1 N–H and O–H groups in total. The number of aromatic nitrogens is 1.